The topological polar surface area (TPSA) is 68.5 Å². The van der Waals surface area contributed by atoms with Gasteiger partial charge in [-0.2, -0.15) is 0 Å². The van der Waals surface area contributed by atoms with E-state index in [1.165, 1.54) is 12.1 Å². The average molecular weight is 367 g/mol. The highest BCUT2D eigenvalue weighted by molar-refractivity contribution is 6.13. The molecule has 1 aliphatic rings. The summed E-state index contributed by atoms with van der Waals surface area (Å²) in [6.45, 7) is 2.62. The van der Waals surface area contributed by atoms with Crippen molar-refractivity contribution in [3.63, 3.8) is 0 Å². The number of hydrogen-bond donors (Lipinski definition) is 1. The number of esters is 1. The van der Waals surface area contributed by atoms with Crippen LogP contribution in [-0.4, -0.2) is 24.9 Å². The van der Waals surface area contributed by atoms with E-state index in [0.29, 0.717) is 46.5 Å². The summed E-state index contributed by atoms with van der Waals surface area (Å²) >= 11 is 0. The Morgan fingerprint density at radius 3 is 2.78 bits per heavy atom. The maximum absolute atomic E-state index is 13.3. The Bertz CT molecular complexity index is 1040. The molecule has 3 aromatic rings. The normalized spacial score (nSPS) is 13.8. The Morgan fingerprint density at radius 1 is 1.26 bits per heavy atom. The summed E-state index contributed by atoms with van der Waals surface area (Å²) in [4.78, 5) is 25.1. The highest BCUT2D eigenvalue weighted by atomic mass is 19.1. The molecule has 0 spiro atoms. The number of carbonyl (C=O) groups is 2. The van der Waals surface area contributed by atoms with Crippen LogP contribution in [0.15, 0.2) is 40.8 Å². The number of anilines is 1. The number of ether oxygens (including phenoxy) is 1. The monoisotopic (exact) mass is 367 g/mol. The SMILES string of the molecule is CCOC(=O)c1c(-c2ccc(F)cc2)oc2cc3c(cc12)C(=O)CCCN3. The van der Waals surface area contributed by atoms with E-state index in [9.17, 15) is 14.0 Å². The first kappa shape index (κ1) is 17.3. The first-order valence-corrected chi connectivity index (χ1v) is 8.89. The molecular formula is C21H18FNO4. The highest BCUT2D eigenvalue weighted by Gasteiger charge is 2.26. The van der Waals surface area contributed by atoms with Crippen molar-refractivity contribution in [2.75, 3.05) is 18.5 Å². The van der Waals surface area contributed by atoms with Gasteiger partial charge in [-0.05, 0) is 43.7 Å². The van der Waals surface area contributed by atoms with Crippen molar-refractivity contribution in [1.82, 2.24) is 0 Å². The van der Waals surface area contributed by atoms with E-state index in [-0.39, 0.29) is 23.8 Å². The van der Waals surface area contributed by atoms with Crippen LogP contribution in [-0.2, 0) is 4.74 Å². The molecule has 4 rings (SSSR count). The number of nitrogens with one attached hydrogen (secondary N) is 1. The Kier molecular flexibility index (Phi) is 4.39. The van der Waals surface area contributed by atoms with Crippen LogP contribution in [0.3, 0.4) is 0 Å². The van der Waals surface area contributed by atoms with E-state index >= 15 is 0 Å². The van der Waals surface area contributed by atoms with Crippen molar-refractivity contribution >= 4 is 28.4 Å². The third-order valence-electron chi connectivity index (χ3n) is 4.61. The molecule has 1 N–H and O–H groups in total. The fourth-order valence-corrected chi connectivity index (χ4v) is 3.34. The second-order valence-corrected chi connectivity index (χ2v) is 6.38. The van der Waals surface area contributed by atoms with Crippen LogP contribution in [0, 0.1) is 5.82 Å². The molecule has 2 heterocycles. The molecule has 0 bridgehead atoms. The smallest absolute Gasteiger partial charge is 0.342 e. The predicted molar refractivity (Wildman–Crippen MR) is 99.6 cm³/mol. The van der Waals surface area contributed by atoms with Gasteiger partial charge in [0.15, 0.2) is 5.78 Å². The maximum atomic E-state index is 13.3. The molecule has 0 saturated heterocycles. The Labute approximate surface area is 155 Å². The van der Waals surface area contributed by atoms with Gasteiger partial charge in [0.2, 0.25) is 0 Å². The standard InChI is InChI=1S/C21H18FNO4/c1-2-26-21(25)19-15-10-14-16(23-9-3-4-17(14)24)11-18(15)27-20(19)12-5-7-13(22)8-6-12/h5-8,10-11,23H,2-4,9H2,1H3. The largest absolute Gasteiger partial charge is 0.462 e. The van der Waals surface area contributed by atoms with Crippen LogP contribution in [0.1, 0.15) is 40.5 Å². The van der Waals surface area contributed by atoms with E-state index in [1.807, 2.05) is 0 Å². The van der Waals surface area contributed by atoms with Gasteiger partial charge in [0, 0.05) is 41.2 Å². The van der Waals surface area contributed by atoms with E-state index < -0.39 is 5.97 Å². The molecule has 0 fully saturated rings. The number of benzene rings is 2. The number of hydrogen-bond acceptors (Lipinski definition) is 5. The summed E-state index contributed by atoms with van der Waals surface area (Å²) in [7, 11) is 0. The number of halogens is 1. The number of furan rings is 1. The Hall–Kier alpha value is -3.15. The van der Waals surface area contributed by atoms with Gasteiger partial charge >= 0.3 is 5.97 Å². The molecule has 0 saturated carbocycles. The van der Waals surface area contributed by atoms with Gasteiger partial charge in [-0.1, -0.05) is 0 Å². The summed E-state index contributed by atoms with van der Waals surface area (Å²) in [6.07, 6.45) is 1.20. The van der Waals surface area contributed by atoms with E-state index in [0.717, 1.165) is 6.42 Å². The fraction of sp³-hybridized carbons (Fsp3) is 0.238. The molecule has 0 radical (unpaired) electrons. The molecule has 5 nitrogen and oxygen atoms in total. The molecule has 0 amide bonds. The number of ketones is 1. The molecule has 0 atom stereocenters. The van der Waals surface area contributed by atoms with Gasteiger partial charge in [0.25, 0.3) is 0 Å². The number of rotatable bonds is 3. The van der Waals surface area contributed by atoms with Crippen LogP contribution in [0.4, 0.5) is 10.1 Å². The van der Waals surface area contributed by atoms with Gasteiger partial charge in [0.1, 0.15) is 22.7 Å². The van der Waals surface area contributed by atoms with Crippen molar-refractivity contribution in [2.24, 2.45) is 0 Å². The van der Waals surface area contributed by atoms with Crippen molar-refractivity contribution in [2.45, 2.75) is 19.8 Å². The first-order chi connectivity index (χ1) is 13.1. The summed E-state index contributed by atoms with van der Waals surface area (Å²) < 4.78 is 24.5. The van der Waals surface area contributed by atoms with Crippen molar-refractivity contribution in [3.8, 4) is 11.3 Å². The van der Waals surface area contributed by atoms with Crippen molar-refractivity contribution < 1.29 is 23.1 Å². The Morgan fingerprint density at radius 2 is 2.04 bits per heavy atom. The molecule has 2 aromatic carbocycles. The van der Waals surface area contributed by atoms with Gasteiger partial charge < -0.3 is 14.5 Å². The fourth-order valence-electron chi connectivity index (χ4n) is 3.34. The zero-order valence-electron chi connectivity index (χ0n) is 14.8. The second-order valence-electron chi connectivity index (χ2n) is 6.38. The number of fused-ring (bicyclic) bond motifs is 2. The minimum Gasteiger partial charge on any atom is -0.462 e. The van der Waals surface area contributed by atoms with Gasteiger partial charge in [-0.3, -0.25) is 4.79 Å². The molecular weight excluding hydrogens is 349 g/mol. The number of carbonyl (C=O) groups excluding carboxylic acids is 2. The van der Waals surface area contributed by atoms with Crippen molar-refractivity contribution in [3.05, 3.63) is 53.3 Å². The highest BCUT2D eigenvalue weighted by Crippen LogP contribution is 2.38. The quantitative estimate of drug-likeness (QED) is 0.673. The van der Waals surface area contributed by atoms with E-state index in [4.69, 9.17) is 9.15 Å². The van der Waals surface area contributed by atoms with Gasteiger partial charge in [0.05, 0.1) is 6.61 Å². The molecule has 1 aliphatic heterocycles. The van der Waals surface area contributed by atoms with E-state index in [1.54, 1.807) is 31.2 Å². The predicted octanol–water partition coefficient (Wildman–Crippen LogP) is 4.80. The van der Waals surface area contributed by atoms with E-state index in [2.05, 4.69) is 5.32 Å². The molecule has 138 valence electrons. The second kappa shape index (κ2) is 6.87. The molecule has 6 heteroatoms. The average Bonchev–Trinajstić information content (AvgIpc) is 2.93. The van der Waals surface area contributed by atoms with Crippen molar-refractivity contribution in [1.29, 1.82) is 0 Å². The lowest BCUT2D eigenvalue weighted by Crippen LogP contribution is -2.06. The van der Waals surface area contributed by atoms with Crippen LogP contribution in [0.2, 0.25) is 0 Å². The lowest BCUT2D eigenvalue weighted by Gasteiger charge is -2.07. The summed E-state index contributed by atoms with van der Waals surface area (Å²) in [5, 5.41) is 3.75. The van der Waals surface area contributed by atoms with Crippen LogP contribution < -0.4 is 5.32 Å². The minimum absolute atomic E-state index is 0.0243. The lowest BCUT2D eigenvalue weighted by molar-refractivity contribution is 0.0528. The Balaban J connectivity index is 1.97. The molecule has 27 heavy (non-hydrogen) atoms. The third-order valence-corrected chi connectivity index (χ3v) is 4.61. The minimum atomic E-state index is -0.537. The van der Waals surface area contributed by atoms with Gasteiger partial charge in [-0.25, -0.2) is 9.18 Å². The lowest BCUT2D eigenvalue weighted by atomic mass is 10.0. The van der Waals surface area contributed by atoms with Gasteiger partial charge in [-0.15, -0.1) is 0 Å². The first-order valence-electron chi connectivity index (χ1n) is 8.89. The summed E-state index contributed by atoms with van der Waals surface area (Å²) in [5.41, 5.74) is 2.51. The molecule has 1 aromatic heterocycles. The van der Waals surface area contributed by atoms with Crippen LogP contribution in [0.5, 0.6) is 0 Å². The summed E-state index contributed by atoms with van der Waals surface area (Å²) in [5.74, 6) is -0.592. The zero-order chi connectivity index (χ0) is 19.0. The number of Topliss-reactive ketones (excluding diaryl/α,β-unsaturated/α-hetero) is 1. The molecule has 0 aliphatic carbocycles. The maximum Gasteiger partial charge on any atom is 0.342 e. The van der Waals surface area contributed by atoms with Crippen LogP contribution >= 0.6 is 0 Å². The third kappa shape index (κ3) is 3.07. The zero-order valence-corrected chi connectivity index (χ0v) is 14.8. The van der Waals surface area contributed by atoms with Crippen LogP contribution in [0.25, 0.3) is 22.3 Å². The summed E-state index contributed by atoms with van der Waals surface area (Å²) in [6, 6.07) is 9.13. The molecule has 0 unspecified atom stereocenters.